The van der Waals surface area contributed by atoms with E-state index in [9.17, 15) is 19.7 Å². The van der Waals surface area contributed by atoms with Crippen LogP contribution in [0.3, 0.4) is 0 Å². The zero-order valence-electron chi connectivity index (χ0n) is 12.2. The fraction of sp³-hybridized carbons (Fsp3) is 0.357. The highest BCUT2D eigenvalue weighted by Gasteiger charge is 2.18. The van der Waals surface area contributed by atoms with Crippen molar-refractivity contribution in [3.63, 3.8) is 0 Å². The minimum atomic E-state index is -0.888. The van der Waals surface area contributed by atoms with Gasteiger partial charge in [-0.25, -0.2) is 5.43 Å². The third-order valence-corrected chi connectivity index (χ3v) is 3.20. The maximum Gasteiger partial charge on any atom is 0.329 e. The number of nitrogens with zero attached hydrogens (tertiary/aromatic N) is 2. The Labute approximate surface area is 131 Å². The van der Waals surface area contributed by atoms with Crippen molar-refractivity contribution in [2.45, 2.75) is 18.9 Å². The van der Waals surface area contributed by atoms with Gasteiger partial charge in [-0.1, -0.05) is 0 Å². The van der Waals surface area contributed by atoms with E-state index < -0.39 is 16.7 Å². The van der Waals surface area contributed by atoms with Crippen LogP contribution in [0.25, 0.3) is 0 Å². The zero-order chi connectivity index (χ0) is 16.7. The average molecular weight is 320 g/mol. The summed E-state index contributed by atoms with van der Waals surface area (Å²) in [5.41, 5.74) is 2.60. The van der Waals surface area contributed by atoms with E-state index in [2.05, 4.69) is 15.8 Å². The van der Waals surface area contributed by atoms with Crippen LogP contribution < -0.4 is 10.7 Å². The molecule has 2 amide bonds. The maximum atomic E-state index is 11.5. The van der Waals surface area contributed by atoms with Gasteiger partial charge >= 0.3 is 11.8 Å². The van der Waals surface area contributed by atoms with Crippen LogP contribution in [-0.4, -0.2) is 42.2 Å². The molecule has 0 saturated carbocycles. The maximum absolute atomic E-state index is 11.5. The van der Waals surface area contributed by atoms with E-state index in [0.717, 1.165) is 12.8 Å². The van der Waals surface area contributed by atoms with Gasteiger partial charge in [0.1, 0.15) is 0 Å². The number of carbonyl (C=O) groups is 2. The van der Waals surface area contributed by atoms with Crippen molar-refractivity contribution in [2.75, 3.05) is 13.2 Å². The second kappa shape index (κ2) is 7.99. The zero-order valence-corrected chi connectivity index (χ0v) is 12.2. The molecule has 0 aliphatic carbocycles. The Kier molecular flexibility index (Phi) is 5.75. The van der Waals surface area contributed by atoms with Crippen molar-refractivity contribution >= 4 is 23.7 Å². The first kappa shape index (κ1) is 16.6. The van der Waals surface area contributed by atoms with Gasteiger partial charge in [0, 0.05) is 25.3 Å². The van der Waals surface area contributed by atoms with E-state index in [4.69, 9.17) is 4.74 Å². The number of amides is 2. The number of nitro benzene ring substituents is 1. The highest BCUT2D eigenvalue weighted by atomic mass is 16.6. The van der Waals surface area contributed by atoms with E-state index in [1.54, 1.807) is 0 Å². The fourth-order valence-electron chi connectivity index (χ4n) is 1.99. The van der Waals surface area contributed by atoms with Gasteiger partial charge in [0.25, 0.3) is 5.69 Å². The smallest absolute Gasteiger partial charge is 0.329 e. The summed E-state index contributed by atoms with van der Waals surface area (Å²) < 4.78 is 5.32. The Hall–Kier alpha value is -2.81. The monoisotopic (exact) mass is 320 g/mol. The molecule has 2 N–H and O–H groups in total. The Morgan fingerprint density at radius 2 is 2.09 bits per heavy atom. The quantitative estimate of drug-likeness (QED) is 0.350. The molecule has 1 aromatic rings. The van der Waals surface area contributed by atoms with Crippen LogP contribution >= 0.6 is 0 Å². The Morgan fingerprint density at radius 1 is 1.35 bits per heavy atom. The van der Waals surface area contributed by atoms with E-state index in [-0.39, 0.29) is 11.8 Å². The number of hydrogen-bond donors (Lipinski definition) is 2. The summed E-state index contributed by atoms with van der Waals surface area (Å²) >= 11 is 0. The molecule has 1 aliphatic heterocycles. The van der Waals surface area contributed by atoms with Crippen LogP contribution in [0.5, 0.6) is 0 Å². The van der Waals surface area contributed by atoms with Crippen molar-refractivity contribution in [2.24, 2.45) is 5.10 Å². The van der Waals surface area contributed by atoms with Gasteiger partial charge in [-0.2, -0.15) is 5.10 Å². The van der Waals surface area contributed by atoms with Crippen molar-refractivity contribution in [1.82, 2.24) is 10.7 Å². The fourth-order valence-corrected chi connectivity index (χ4v) is 1.99. The molecule has 1 aliphatic rings. The number of nitrogens with one attached hydrogen (secondary N) is 2. The van der Waals surface area contributed by atoms with Gasteiger partial charge in [0.05, 0.1) is 17.2 Å². The molecule has 2 rings (SSSR count). The molecule has 1 atom stereocenters. The van der Waals surface area contributed by atoms with Crippen LogP contribution in [0.4, 0.5) is 5.69 Å². The summed E-state index contributed by atoms with van der Waals surface area (Å²) in [4.78, 5) is 33.0. The van der Waals surface area contributed by atoms with Crippen molar-refractivity contribution in [3.05, 3.63) is 39.9 Å². The van der Waals surface area contributed by atoms with E-state index in [0.29, 0.717) is 18.7 Å². The highest BCUT2D eigenvalue weighted by Crippen LogP contribution is 2.11. The molecular formula is C14H16N4O5. The molecule has 1 aromatic carbocycles. The molecule has 9 heteroatoms. The lowest BCUT2D eigenvalue weighted by atomic mass is 10.2. The van der Waals surface area contributed by atoms with Gasteiger partial charge in [0.15, 0.2) is 0 Å². The second-order valence-corrected chi connectivity index (χ2v) is 4.89. The number of carbonyl (C=O) groups excluding carboxylic acids is 2. The SMILES string of the molecule is O=C(NC[C@H]1CCCO1)C(=O)N/N=C\c1ccc([N+](=O)[O-])cc1. The second-order valence-electron chi connectivity index (χ2n) is 4.89. The standard InChI is InChI=1S/C14H16N4O5/c19-13(15-9-12-2-1-7-23-12)14(20)17-16-8-10-3-5-11(6-4-10)18(21)22/h3-6,8,12H,1-2,7,9H2,(H,15,19)(H,17,20)/b16-8-/t12-/m1/s1. The van der Waals surface area contributed by atoms with Gasteiger partial charge in [-0.15, -0.1) is 0 Å². The Morgan fingerprint density at radius 3 is 2.70 bits per heavy atom. The van der Waals surface area contributed by atoms with Crippen LogP contribution in [0.2, 0.25) is 0 Å². The number of nitro groups is 1. The average Bonchev–Trinajstić information content (AvgIpc) is 3.06. The van der Waals surface area contributed by atoms with Gasteiger partial charge in [0.2, 0.25) is 0 Å². The van der Waals surface area contributed by atoms with Crippen LogP contribution in [0.1, 0.15) is 18.4 Å². The molecule has 1 saturated heterocycles. The normalized spacial score (nSPS) is 17.1. The third-order valence-electron chi connectivity index (χ3n) is 3.20. The molecule has 122 valence electrons. The molecule has 0 spiro atoms. The largest absolute Gasteiger partial charge is 0.376 e. The summed E-state index contributed by atoms with van der Waals surface area (Å²) in [5.74, 6) is -1.68. The number of rotatable bonds is 5. The minimum absolute atomic E-state index is 0.0419. The Balaban J connectivity index is 1.76. The van der Waals surface area contributed by atoms with Crippen molar-refractivity contribution < 1.29 is 19.2 Å². The third kappa shape index (κ3) is 5.15. The molecule has 0 unspecified atom stereocenters. The molecule has 1 heterocycles. The number of hydrogen-bond acceptors (Lipinski definition) is 6. The first-order chi connectivity index (χ1) is 11.1. The van der Waals surface area contributed by atoms with Crippen LogP contribution in [0.15, 0.2) is 29.4 Å². The van der Waals surface area contributed by atoms with Crippen LogP contribution in [-0.2, 0) is 14.3 Å². The predicted octanol–water partition coefficient (Wildman–Crippen LogP) is 0.340. The highest BCUT2D eigenvalue weighted by molar-refractivity contribution is 6.35. The molecular weight excluding hydrogens is 304 g/mol. The first-order valence-corrected chi connectivity index (χ1v) is 7.03. The molecule has 0 radical (unpaired) electrons. The first-order valence-electron chi connectivity index (χ1n) is 7.03. The van der Waals surface area contributed by atoms with Gasteiger partial charge < -0.3 is 10.1 Å². The number of benzene rings is 1. The summed E-state index contributed by atoms with van der Waals surface area (Å²) in [7, 11) is 0. The summed E-state index contributed by atoms with van der Waals surface area (Å²) in [6, 6.07) is 5.59. The van der Waals surface area contributed by atoms with Crippen molar-refractivity contribution in [1.29, 1.82) is 0 Å². The summed E-state index contributed by atoms with van der Waals surface area (Å²) in [6.45, 7) is 0.963. The molecule has 23 heavy (non-hydrogen) atoms. The number of non-ortho nitro benzene ring substituents is 1. The summed E-state index contributed by atoms with van der Waals surface area (Å²) in [6.07, 6.45) is 3.05. The lowest BCUT2D eigenvalue weighted by Gasteiger charge is -2.09. The number of hydrazone groups is 1. The molecule has 0 aromatic heterocycles. The van der Waals surface area contributed by atoms with Crippen molar-refractivity contribution in [3.8, 4) is 0 Å². The lowest BCUT2D eigenvalue weighted by Crippen LogP contribution is -2.41. The van der Waals surface area contributed by atoms with E-state index >= 15 is 0 Å². The topological polar surface area (TPSA) is 123 Å². The summed E-state index contributed by atoms with van der Waals surface area (Å²) in [5, 5.41) is 16.6. The lowest BCUT2D eigenvalue weighted by molar-refractivity contribution is -0.384. The predicted molar refractivity (Wildman–Crippen MR) is 80.8 cm³/mol. The van der Waals surface area contributed by atoms with E-state index in [1.807, 2.05) is 0 Å². The minimum Gasteiger partial charge on any atom is -0.376 e. The van der Waals surface area contributed by atoms with Gasteiger partial charge in [-0.05, 0) is 30.5 Å². The van der Waals surface area contributed by atoms with Gasteiger partial charge in [-0.3, -0.25) is 19.7 Å². The molecule has 0 bridgehead atoms. The van der Waals surface area contributed by atoms with E-state index in [1.165, 1.54) is 30.5 Å². The number of ether oxygens (including phenoxy) is 1. The molecule has 1 fully saturated rings. The molecule has 9 nitrogen and oxygen atoms in total. The van der Waals surface area contributed by atoms with Crippen LogP contribution in [0, 0.1) is 10.1 Å². The Bertz CT molecular complexity index is 608.